The van der Waals surface area contributed by atoms with Gasteiger partial charge in [0.1, 0.15) is 5.71 Å². The van der Waals surface area contributed by atoms with E-state index in [1.807, 2.05) is 42.2 Å². The fourth-order valence-electron chi connectivity index (χ4n) is 3.84. The third-order valence-corrected chi connectivity index (χ3v) is 5.66. The monoisotopic (exact) mass is 402 g/mol. The number of piperidine rings is 1. The van der Waals surface area contributed by atoms with Gasteiger partial charge in [-0.15, -0.1) is 0 Å². The second-order valence-electron chi connectivity index (χ2n) is 7.44. The summed E-state index contributed by atoms with van der Waals surface area (Å²) in [6, 6.07) is 15.3. The highest BCUT2D eigenvalue weighted by molar-refractivity contribution is 6.11. The minimum absolute atomic E-state index is 0.0296. The first-order valence-corrected chi connectivity index (χ1v) is 9.93. The molecule has 30 heavy (non-hydrogen) atoms. The molecular formula is C24H26N4O2. The molecule has 0 radical (unpaired) electrons. The molecule has 3 N–H and O–H groups in total. The van der Waals surface area contributed by atoms with E-state index in [-0.39, 0.29) is 17.4 Å². The Bertz CT molecular complexity index is 1010. The van der Waals surface area contributed by atoms with E-state index in [0.717, 1.165) is 18.4 Å². The molecule has 1 fully saturated rings. The van der Waals surface area contributed by atoms with Crippen molar-refractivity contribution in [1.29, 1.82) is 10.7 Å². The first kappa shape index (κ1) is 21.1. The molecule has 0 unspecified atom stereocenters. The summed E-state index contributed by atoms with van der Waals surface area (Å²) in [6.07, 6.45) is 3.02. The highest BCUT2D eigenvalue weighted by atomic mass is 16.5. The number of hydrogen-bond acceptors (Lipinski definition) is 5. The number of nitrogens with two attached hydrogens (primary N) is 1. The summed E-state index contributed by atoms with van der Waals surface area (Å²) in [5.41, 5.74) is 9.65. The third kappa shape index (κ3) is 4.36. The van der Waals surface area contributed by atoms with E-state index < -0.39 is 0 Å². The quantitative estimate of drug-likeness (QED) is 0.588. The average Bonchev–Trinajstić information content (AvgIpc) is 2.80. The third-order valence-electron chi connectivity index (χ3n) is 5.66. The molecular weight excluding hydrogens is 376 g/mol. The maximum Gasteiger partial charge on any atom is 0.253 e. The highest BCUT2D eigenvalue weighted by Crippen LogP contribution is 2.29. The van der Waals surface area contributed by atoms with Crippen LogP contribution in [0.25, 0.3) is 0 Å². The molecule has 1 saturated heterocycles. The Balaban J connectivity index is 1.71. The van der Waals surface area contributed by atoms with Gasteiger partial charge in [-0.05, 0) is 61.1 Å². The minimum atomic E-state index is -0.0296. The molecule has 1 amide bonds. The molecule has 0 atom stereocenters. The van der Waals surface area contributed by atoms with Gasteiger partial charge >= 0.3 is 0 Å². The fourth-order valence-corrected chi connectivity index (χ4v) is 3.84. The maximum absolute atomic E-state index is 13.1. The number of rotatable bonds is 5. The Morgan fingerprint density at radius 2 is 1.90 bits per heavy atom. The van der Waals surface area contributed by atoms with Gasteiger partial charge in [-0.3, -0.25) is 10.2 Å². The summed E-state index contributed by atoms with van der Waals surface area (Å²) >= 11 is 0. The molecule has 2 aromatic rings. The molecule has 0 aliphatic carbocycles. The van der Waals surface area contributed by atoms with Crippen LogP contribution in [0.3, 0.4) is 0 Å². The van der Waals surface area contributed by atoms with E-state index >= 15 is 0 Å². The zero-order valence-corrected chi connectivity index (χ0v) is 17.3. The van der Waals surface area contributed by atoms with Crippen LogP contribution in [0.1, 0.15) is 51.4 Å². The van der Waals surface area contributed by atoms with Crippen LogP contribution in [0.4, 0.5) is 0 Å². The summed E-state index contributed by atoms with van der Waals surface area (Å²) in [6.45, 7) is 3.25. The summed E-state index contributed by atoms with van der Waals surface area (Å²) in [5.74, 6) is 0.631. The van der Waals surface area contributed by atoms with Crippen molar-refractivity contribution in [2.45, 2.75) is 25.7 Å². The first-order valence-electron chi connectivity index (χ1n) is 9.93. The van der Waals surface area contributed by atoms with Crippen LogP contribution in [0.5, 0.6) is 0 Å². The number of carbonyl (C=O) groups is 1. The Morgan fingerprint density at radius 3 is 2.47 bits per heavy atom. The summed E-state index contributed by atoms with van der Waals surface area (Å²) < 4.78 is 5.15. The van der Waals surface area contributed by atoms with Crippen LogP contribution >= 0.6 is 0 Å². The van der Waals surface area contributed by atoms with Gasteiger partial charge in [0.25, 0.3) is 5.91 Å². The number of benzene rings is 2. The van der Waals surface area contributed by atoms with Crippen LogP contribution in [0.15, 0.2) is 54.4 Å². The molecule has 1 aliphatic heterocycles. The number of nitriles is 1. The lowest BCUT2D eigenvalue weighted by Crippen LogP contribution is -2.38. The van der Waals surface area contributed by atoms with Gasteiger partial charge in [0.2, 0.25) is 0 Å². The van der Waals surface area contributed by atoms with E-state index in [1.54, 1.807) is 12.1 Å². The lowest BCUT2D eigenvalue weighted by Gasteiger charge is -2.32. The average molecular weight is 402 g/mol. The number of amides is 1. The van der Waals surface area contributed by atoms with Crippen LogP contribution in [-0.4, -0.2) is 36.7 Å². The number of likely N-dealkylation sites (tertiary alicyclic amines) is 1. The Morgan fingerprint density at radius 1 is 1.23 bits per heavy atom. The number of aryl methyl sites for hydroxylation is 1. The van der Waals surface area contributed by atoms with Crippen LogP contribution in [-0.2, 0) is 4.74 Å². The molecule has 3 rings (SSSR count). The number of methoxy groups -OCH3 is 1. The fraction of sp³-hybridized carbons (Fsp3) is 0.292. The van der Waals surface area contributed by atoms with Crippen molar-refractivity contribution < 1.29 is 9.53 Å². The van der Waals surface area contributed by atoms with Crippen molar-refractivity contribution >= 4 is 11.6 Å². The number of carbonyl (C=O) groups excluding carboxylic acids is 1. The molecule has 6 heteroatoms. The Kier molecular flexibility index (Phi) is 6.53. The first-order chi connectivity index (χ1) is 14.5. The number of ether oxygens (including phenoxy) is 1. The predicted molar refractivity (Wildman–Crippen MR) is 116 cm³/mol. The van der Waals surface area contributed by atoms with Crippen LogP contribution in [0.2, 0.25) is 0 Å². The van der Waals surface area contributed by atoms with Gasteiger partial charge < -0.3 is 15.4 Å². The van der Waals surface area contributed by atoms with Crippen LogP contribution in [0, 0.1) is 23.7 Å². The van der Waals surface area contributed by atoms with Gasteiger partial charge in [0.15, 0.2) is 5.76 Å². The zero-order valence-electron chi connectivity index (χ0n) is 17.3. The molecule has 154 valence electrons. The summed E-state index contributed by atoms with van der Waals surface area (Å²) in [7, 11) is 1.47. The Labute approximate surface area is 177 Å². The highest BCUT2D eigenvalue weighted by Gasteiger charge is 2.25. The standard InChI is InChI=1S/C24H26N4O2/c1-16-3-6-20(13-21(16)23(27)22(15-26)30-2)24(29)28-11-9-19(10-12-28)18-7-4-17(14-25)5-8-18/h3-8,13,15,19,27H,9-12,26H2,1-2H3/b22-15+,27-23?. The predicted octanol–water partition coefficient (Wildman–Crippen LogP) is 3.70. The van der Waals surface area contributed by atoms with E-state index in [9.17, 15) is 4.79 Å². The summed E-state index contributed by atoms with van der Waals surface area (Å²) in [4.78, 5) is 14.9. The topological polar surface area (TPSA) is 103 Å². The molecule has 2 aromatic carbocycles. The van der Waals surface area contributed by atoms with Crippen molar-refractivity contribution in [2.75, 3.05) is 20.2 Å². The molecule has 0 bridgehead atoms. The van der Waals surface area contributed by atoms with Crippen molar-refractivity contribution in [3.63, 3.8) is 0 Å². The molecule has 0 aromatic heterocycles. The summed E-state index contributed by atoms with van der Waals surface area (Å²) in [5, 5.41) is 17.3. The van der Waals surface area contributed by atoms with Gasteiger partial charge in [0.05, 0.1) is 18.7 Å². The zero-order chi connectivity index (χ0) is 21.7. The Hall–Kier alpha value is -3.59. The van der Waals surface area contributed by atoms with Gasteiger partial charge in [0, 0.05) is 30.4 Å². The van der Waals surface area contributed by atoms with Crippen LogP contribution < -0.4 is 5.73 Å². The van der Waals surface area contributed by atoms with E-state index in [0.29, 0.717) is 35.7 Å². The van der Waals surface area contributed by atoms with Gasteiger partial charge in [-0.2, -0.15) is 5.26 Å². The normalized spacial score (nSPS) is 14.8. The minimum Gasteiger partial charge on any atom is -0.493 e. The SMILES string of the molecule is CO/C(=C/N)C(=N)c1cc(C(=O)N2CCC(c3ccc(C#N)cc3)CC2)ccc1C. The van der Waals surface area contributed by atoms with Crippen molar-refractivity contribution in [3.05, 3.63) is 82.2 Å². The van der Waals surface area contributed by atoms with Crippen molar-refractivity contribution in [1.82, 2.24) is 4.90 Å². The van der Waals surface area contributed by atoms with Gasteiger partial charge in [-0.1, -0.05) is 18.2 Å². The smallest absolute Gasteiger partial charge is 0.253 e. The lowest BCUT2D eigenvalue weighted by molar-refractivity contribution is 0.0713. The van der Waals surface area contributed by atoms with Gasteiger partial charge in [-0.25, -0.2) is 0 Å². The van der Waals surface area contributed by atoms with E-state index in [4.69, 9.17) is 21.1 Å². The van der Waals surface area contributed by atoms with E-state index in [1.165, 1.54) is 18.9 Å². The largest absolute Gasteiger partial charge is 0.493 e. The molecule has 0 spiro atoms. The number of nitrogens with one attached hydrogen (secondary N) is 1. The number of nitrogens with zero attached hydrogens (tertiary/aromatic N) is 2. The van der Waals surface area contributed by atoms with Crippen molar-refractivity contribution in [3.8, 4) is 6.07 Å². The second kappa shape index (κ2) is 9.27. The van der Waals surface area contributed by atoms with E-state index in [2.05, 4.69) is 6.07 Å². The molecule has 6 nitrogen and oxygen atoms in total. The second-order valence-corrected chi connectivity index (χ2v) is 7.44. The molecule has 1 aliphatic rings. The molecule has 1 heterocycles. The number of allylic oxidation sites excluding steroid dienone is 1. The lowest BCUT2D eigenvalue weighted by atomic mass is 9.88. The van der Waals surface area contributed by atoms with Crippen molar-refractivity contribution in [2.24, 2.45) is 5.73 Å². The molecule has 0 saturated carbocycles. The maximum atomic E-state index is 13.1. The number of hydrogen-bond donors (Lipinski definition) is 2.